The predicted octanol–water partition coefficient (Wildman–Crippen LogP) is 3.20. The van der Waals surface area contributed by atoms with E-state index >= 15 is 0 Å². The second-order valence-corrected chi connectivity index (χ2v) is 4.45. The molecular formula is C12H17ClN2. The molecule has 1 aliphatic rings. The van der Waals surface area contributed by atoms with Gasteiger partial charge < -0.3 is 4.90 Å². The Bertz CT molecular complexity index is 321. The van der Waals surface area contributed by atoms with Gasteiger partial charge in [0.25, 0.3) is 0 Å². The van der Waals surface area contributed by atoms with Crippen molar-refractivity contribution in [2.75, 3.05) is 11.9 Å². The molecule has 1 aliphatic carbocycles. The van der Waals surface area contributed by atoms with Gasteiger partial charge in [-0.1, -0.05) is 12.8 Å². The topological polar surface area (TPSA) is 16.1 Å². The number of rotatable bonds is 3. The molecule has 0 amide bonds. The van der Waals surface area contributed by atoms with Gasteiger partial charge in [-0.2, -0.15) is 0 Å². The van der Waals surface area contributed by atoms with Crippen LogP contribution in [0.4, 0.5) is 5.69 Å². The third kappa shape index (κ3) is 2.25. The van der Waals surface area contributed by atoms with E-state index in [0.717, 1.165) is 0 Å². The standard InChI is InChI=1S/C12H17ClN2/c1-15(11-4-2-3-5-11)12-9-14-7-6-10(12)8-13/h6-7,9,11H,2-5,8H2,1H3. The van der Waals surface area contributed by atoms with E-state index in [2.05, 4.69) is 16.9 Å². The van der Waals surface area contributed by atoms with Crippen LogP contribution in [0.25, 0.3) is 0 Å². The Morgan fingerprint density at radius 3 is 2.87 bits per heavy atom. The summed E-state index contributed by atoms with van der Waals surface area (Å²) in [4.78, 5) is 6.53. The summed E-state index contributed by atoms with van der Waals surface area (Å²) in [6, 6.07) is 2.68. The van der Waals surface area contributed by atoms with Crippen LogP contribution in [0.1, 0.15) is 31.2 Å². The molecule has 82 valence electrons. The maximum atomic E-state index is 5.93. The summed E-state index contributed by atoms with van der Waals surface area (Å²) in [5.74, 6) is 0.564. The highest BCUT2D eigenvalue weighted by Gasteiger charge is 2.21. The highest BCUT2D eigenvalue weighted by molar-refractivity contribution is 6.17. The predicted molar refractivity (Wildman–Crippen MR) is 64.5 cm³/mol. The lowest BCUT2D eigenvalue weighted by Crippen LogP contribution is -2.29. The second-order valence-electron chi connectivity index (χ2n) is 4.19. The summed E-state index contributed by atoms with van der Waals surface area (Å²) in [6.07, 6.45) is 9.04. The number of nitrogens with zero attached hydrogens (tertiary/aromatic N) is 2. The first-order chi connectivity index (χ1) is 7.33. The molecule has 2 nitrogen and oxygen atoms in total. The number of anilines is 1. The van der Waals surface area contributed by atoms with Gasteiger partial charge in [0, 0.05) is 25.2 Å². The van der Waals surface area contributed by atoms with Crippen LogP contribution in [0.5, 0.6) is 0 Å². The average Bonchev–Trinajstić information content (AvgIpc) is 2.81. The van der Waals surface area contributed by atoms with Crippen LogP contribution in [0.2, 0.25) is 0 Å². The van der Waals surface area contributed by atoms with Crippen LogP contribution in [0.15, 0.2) is 18.5 Å². The van der Waals surface area contributed by atoms with E-state index in [9.17, 15) is 0 Å². The second kappa shape index (κ2) is 4.84. The molecule has 1 aromatic heterocycles. The molecule has 0 aliphatic heterocycles. The molecule has 1 fully saturated rings. The Morgan fingerprint density at radius 1 is 1.47 bits per heavy atom. The monoisotopic (exact) mass is 224 g/mol. The highest BCUT2D eigenvalue weighted by Crippen LogP contribution is 2.29. The lowest BCUT2D eigenvalue weighted by molar-refractivity contribution is 0.651. The zero-order valence-electron chi connectivity index (χ0n) is 9.12. The van der Waals surface area contributed by atoms with Crippen LogP contribution in [0.3, 0.4) is 0 Å². The van der Waals surface area contributed by atoms with E-state index < -0.39 is 0 Å². The van der Waals surface area contributed by atoms with Gasteiger partial charge in [0.1, 0.15) is 0 Å². The number of halogens is 1. The maximum absolute atomic E-state index is 5.93. The first-order valence-corrected chi connectivity index (χ1v) is 6.08. The molecule has 0 saturated heterocycles. The molecule has 0 N–H and O–H groups in total. The fraction of sp³-hybridized carbons (Fsp3) is 0.583. The third-order valence-electron chi connectivity index (χ3n) is 3.28. The van der Waals surface area contributed by atoms with Crippen molar-refractivity contribution in [1.82, 2.24) is 4.98 Å². The maximum Gasteiger partial charge on any atom is 0.0597 e. The van der Waals surface area contributed by atoms with Gasteiger partial charge in [-0.25, -0.2) is 0 Å². The van der Waals surface area contributed by atoms with Crippen LogP contribution in [-0.2, 0) is 5.88 Å². The minimum Gasteiger partial charge on any atom is -0.370 e. The fourth-order valence-corrected chi connectivity index (χ4v) is 2.56. The molecule has 0 atom stereocenters. The highest BCUT2D eigenvalue weighted by atomic mass is 35.5. The zero-order chi connectivity index (χ0) is 10.7. The van der Waals surface area contributed by atoms with Crippen molar-refractivity contribution in [3.05, 3.63) is 24.0 Å². The van der Waals surface area contributed by atoms with Crippen molar-refractivity contribution in [3.63, 3.8) is 0 Å². The Hall–Kier alpha value is -0.760. The van der Waals surface area contributed by atoms with E-state index in [0.29, 0.717) is 11.9 Å². The summed E-state index contributed by atoms with van der Waals surface area (Å²) in [7, 11) is 2.16. The Balaban J connectivity index is 2.19. The summed E-state index contributed by atoms with van der Waals surface area (Å²) in [5, 5.41) is 0. The molecule has 1 saturated carbocycles. The van der Waals surface area contributed by atoms with Gasteiger partial charge in [0.15, 0.2) is 0 Å². The van der Waals surface area contributed by atoms with Gasteiger partial charge in [-0.05, 0) is 24.5 Å². The van der Waals surface area contributed by atoms with Crippen LogP contribution >= 0.6 is 11.6 Å². The van der Waals surface area contributed by atoms with Crippen LogP contribution < -0.4 is 4.90 Å². The molecule has 0 radical (unpaired) electrons. The van der Waals surface area contributed by atoms with Crippen molar-refractivity contribution >= 4 is 17.3 Å². The van der Waals surface area contributed by atoms with Crippen molar-refractivity contribution in [3.8, 4) is 0 Å². The van der Waals surface area contributed by atoms with Crippen molar-refractivity contribution in [2.45, 2.75) is 37.6 Å². The van der Waals surface area contributed by atoms with Gasteiger partial charge >= 0.3 is 0 Å². The Morgan fingerprint density at radius 2 is 2.20 bits per heavy atom. The lowest BCUT2D eigenvalue weighted by Gasteiger charge is -2.27. The van der Waals surface area contributed by atoms with E-state index in [-0.39, 0.29) is 0 Å². The van der Waals surface area contributed by atoms with Crippen molar-refractivity contribution < 1.29 is 0 Å². The van der Waals surface area contributed by atoms with E-state index in [4.69, 9.17) is 11.6 Å². The molecule has 0 bridgehead atoms. The summed E-state index contributed by atoms with van der Waals surface area (Å²) in [6.45, 7) is 0. The molecule has 15 heavy (non-hydrogen) atoms. The number of aromatic nitrogens is 1. The van der Waals surface area contributed by atoms with Gasteiger partial charge in [0.2, 0.25) is 0 Å². The van der Waals surface area contributed by atoms with Crippen LogP contribution in [-0.4, -0.2) is 18.1 Å². The molecule has 1 heterocycles. The zero-order valence-corrected chi connectivity index (χ0v) is 9.87. The van der Waals surface area contributed by atoms with Crippen molar-refractivity contribution in [1.29, 1.82) is 0 Å². The molecule has 0 unspecified atom stereocenters. The molecular weight excluding hydrogens is 208 g/mol. The number of pyridine rings is 1. The Labute approximate surface area is 96.3 Å². The van der Waals surface area contributed by atoms with Crippen molar-refractivity contribution in [2.24, 2.45) is 0 Å². The first kappa shape index (κ1) is 10.7. The first-order valence-electron chi connectivity index (χ1n) is 5.54. The fourth-order valence-electron chi connectivity index (χ4n) is 2.33. The van der Waals surface area contributed by atoms with E-state index in [1.807, 2.05) is 18.5 Å². The Kier molecular flexibility index (Phi) is 3.47. The van der Waals surface area contributed by atoms with Gasteiger partial charge in [0.05, 0.1) is 11.9 Å². The van der Waals surface area contributed by atoms with Gasteiger partial charge in [-0.15, -0.1) is 11.6 Å². The lowest BCUT2D eigenvalue weighted by atomic mass is 10.1. The quantitative estimate of drug-likeness (QED) is 0.733. The number of alkyl halides is 1. The smallest absolute Gasteiger partial charge is 0.0597 e. The number of hydrogen-bond acceptors (Lipinski definition) is 2. The molecule has 3 heteroatoms. The SMILES string of the molecule is CN(c1cnccc1CCl)C1CCCC1. The molecule has 2 rings (SSSR count). The largest absolute Gasteiger partial charge is 0.370 e. The van der Waals surface area contributed by atoms with Crippen LogP contribution in [0, 0.1) is 0 Å². The molecule has 0 spiro atoms. The third-order valence-corrected chi connectivity index (χ3v) is 3.57. The normalized spacial score (nSPS) is 16.9. The molecule has 1 aromatic rings. The van der Waals surface area contributed by atoms with E-state index in [1.165, 1.54) is 36.9 Å². The summed E-state index contributed by atoms with van der Waals surface area (Å²) < 4.78 is 0. The summed E-state index contributed by atoms with van der Waals surface area (Å²) >= 11 is 5.93. The average molecular weight is 225 g/mol. The van der Waals surface area contributed by atoms with E-state index in [1.54, 1.807) is 0 Å². The number of hydrogen-bond donors (Lipinski definition) is 0. The minimum absolute atomic E-state index is 0.564. The van der Waals surface area contributed by atoms with Gasteiger partial charge in [-0.3, -0.25) is 4.98 Å². The molecule has 0 aromatic carbocycles. The summed E-state index contributed by atoms with van der Waals surface area (Å²) in [5.41, 5.74) is 2.38. The minimum atomic E-state index is 0.564.